The Kier molecular flexibility index (Phi) is 30.7. The number of nitrogens with zero attached hydrogens (tertiary/aromatic N) is 6. The van der Waals surface area contributed by atoms with Crippen LogP contribution in [0.15, 0.2) is 279 Å². The molecule has 0 spiro atoms. The van der Waals surface area contributed by atoms with Crippen LogP contribution in [-0.4, -0.2) is 38.5 Å². The molecule has 0 aliphatic carbocycles. The highest BCUT2D eigenvalue weighted by Crippen LogP contribution is 2.48. The van der Waals surface area contributed by atoms with E-state index in [0.717, 1.165) is 57.8 Å². The predicted molar refractivity (Wildman–Crippen MR) is 570 cm³/mol. The van der Waals surface area contributed by atoms with Gasteiger partial charge in [-0.25, -0.2) is 0 Å². The van der Waals surface area contributed by atoms with E-state index >= 15 is 0 Å². The molecule has 4 heterocycles. The Labute approximate surface area is 781 Å². The number of rotatable bonds is 38. The second-order valence-corrected chi connectivity index (χ2v) is 37.7. The summed E-state index contributed by atoms with van der Waals surface area (Å²) in [6, 6.07) is 105. The molecule has 0 amide bonds. The average Bonchev–Trinajstić information content (AvgIpc) is 1.65. The molecule has 4 aromatic heterocycles. The summed E-state index contributed by atoms with van der Waals surface area (Å²) in [5.41, 5.74) is 26.6. The third-order valence-corrected chi connectivity index (χ3v) is 28.4. The van der Waals surface area contributed by atoms with Gasteiger partial charge in [-0.1, -0.05) is 315 Å². The number of anilines is 5. The van der Waals surface area contributed by atoms with Gasteiger partial charge in [-0.15, -0.1) is 0 Å². The Bertz CT molecular complexity index is 6790. The molecule has 676 valence electrons. The number of hydrogen-bond acceptors (Lipinski definition) is 4. The standard InChI is InChI=1S/C46H53N3.C41H51N3.C36H38O2/c1-6-10-18-35(9-4)32-48-44-23-14-12-21-40(44)42-30-38(25-27-46(42)48)49(36-19-15-17-33(5)28-36)37-24-26-45-41(29-37)39-20-11-13-22-43(39)47(45)31-34(8-3)16-7-2;1-6-10-16-30(8-3)28-43-38-20-14-12-18-34(38)36-26-32(22-24-40(36)43)42(5)33-23-25-41-37(27-33)35-19-13-15-21-39(35)44(41)29-31(9-4)17-11-7-2;1-5-7-20-38-34-18-15-30-23-28(27-10-8-9-25(3)21-27)14-17-33(30)36(34)35-31(24-37-19-6-2)13-12-29-22-26(4)11-16-32(29)35/h11-15,17,19-30,34-35H,6-10,16,18,31-32H2,1-5H3;12-15,18-27,30-31H,6-11,16-17,28-29H2,1-5H3;8-18,21-23H,5-7,19-20,24H2,1-4H3. The molecule has 8 heteroatoms. The summed E-state index contributed by atoms with van der Waals surface area (Å²) in [6.45, 7) is 35.8. The summed E-state index contributed by atoms with van der Waals surface area (Å²) < 4.78 is 22.9. The molecule has 14 aromatic carbocycles. The normalized spacial score (nSPS) is 12.7. The smallest absolute Gasteiger partial charge is 0.127 e. The molecule has 0 bridgehead atoms. The second kappa shape index (κ2) is 43.5. The molecule has 131 heavy (non-hydrogen) atoms. The molecule has 4 atom stereocenters. The lowest BCUT2D eigenvalue weighted by Gasteiger charge is -2.26. The fourth-order valence-corrected chi connectivity index (χ4v) is 20.9. The van der Waals surface area contributed by atoms with Crippen LogP contribution >= 0.6 is 0 Å². The van der Waals surface area contributed by atoms with Crippen LogP contribution in [0.2, 0.25) is 0 Å². The van der Waals surface area contributed by atoms with Crippen molar-refractivity contribution in [2.45, 2.75) is 238 Å². The van der Waals surface area contributed by atoms with Gasteiger partial charge in [0.25, 0.3) is 0 Å². The number of aromatic nitrogens is 4. The first-order valence-electron chi connectivity index (χ1n) is 50.2. The summed E-state index contributed by atoms with van der Waals surface area (Å²) in [6.07, 6.45) is 22.1. The van der Waals surface area contributed by atoms with Crippen molar-refractivity contribution in [3.63, 3.8) is 0 Å². The first kappa shape index (κ1) is 92.4. The molecule has 8 nitrogen and oxygen atoms in total. The molecular weight excluding hydrogens is 1590 g/mol. The van der Waals surface area contributed by atoms with Gasteiger partial charge in [0, 0.05) is 161 Å². The second-order valence-electron chi connectivity index (χ2n) is 37.7. The highest BCUT2D eigenvalue weighted by atomic mass is 16.5. The topological polar surface area (TPSA) is 44.7 Å². The van der Waals surface area contributed by atoms with E-state index in [1.165, 1.54) is 278 Å². The minimum atomic E-state index is 0.582. The molecular formula is C123H142N6O2. The van der Waals surface area contributed by atoms with Crippen molar-refractivity contribution in [2.75, 3.05) is 30.1 Å². The van der Waals surface area contributed by atoms with Gasteiger partial charge in [0.05, 0.1) is 13.2 Å². The maximum Gasteiger partial charge on any atom is 0.127 e. The minimum Gasteiger partial charge on any atom is -0.493 e. The van der Waals surface area contributed by atoms with Crippen molar-refractivity contribution >= 4 is 137 Å². The third kappa shape index (κ3) is 20.2. The van der Waals surface area contributed by atoms with Gasteiger partial charge >= 0.3 is 0 Å². The molecule has 4 unspecified atom stereocenters. The van der Waals surface area contributed by atoms with Crippen molar-refractivity contribution in [3.8, 4) is 28.0 Å². The zero-order valence-electron chi connectivity index (χ0n) is 81.0. The van der Waals surface area contributed by atoms with E-state index in [-0.39, 0.29) is 0 Å². The summed E-state index contributed by atoms with van der Waals surface area (Å²) in [4.78, 5) is 4.83. The largest absolute Gasteiger partial charge is 0.493 e. The number of benzene rings is 14. The van der Waals surface area contributed by atoms with Gasteiger partial charge < -0.3 is 37.5 Å². The zero-order chi connectivity index (χ0) is 91.0. The fraction of sp³-hybridized carbons (Fsp3) is 0.350. The van der Waals surface area contributed by atoms with E-state index < -0.39 is 0 Å². The average molecular weight is 1740 g/mol. The van der Waals surface area contributed by atoms with Crippen LogP contribution in [-0.2, 0) is 37.5 Å². The summed E-state index contributed by atoms with van der Waals surface area (Å²) in [7, 11) is 2.22. The summed E-state index contributed by atoms with van der Waals surface area (Å²) in [5, 5.41) is 15.7. The molecule has 18 rings (SSSR count). The van der Waals surface area contributed by atoms with Crippen molar-refractivity contribution < 1.29 is 9.47 Å². The van der Waals surface area contributed by atoms with Crippen LogP contribution in [0, 0.1) is 44.4 Å². The monoisotopic (exact) mass is 1740 g/mol. The van der Waals surface area contributed by atoms with Crippen molar-refractivity contribution in [1.29, 1.82) is 0 Å². The molecule has 0 aliphatic heterocycles. The molecule has 18 aromatic rings. The molecule has 0 saturated carbocycles. The lowest BCUT2D eigenvalue weighted by Crippen LogP contribution is -2.11. The van der Waals surface area contributed by atoms with Crippen molar-refractivity contribution in [3.05, 3.63) is 301 Å². The number of ether oxygens (including phenoxy) is 2. The van der Waals surface area contributed by atoms with Crippen LogP contribution < -0.4 is 14.5 Å². The Morgan fingerprint density at radius 2 is 0.664 bits per heavy atom. The Morgan fingerprint density at radius 3 is 1.11 bits per heavy atom. The minimum absolute atomic E-state index is 0.582. The van der Waals surface area contributed by atoms with Crippen LogP contribution in [0.1, 0.15) is 207 Å². The van der Waals surface area contributed by atoms with Crippen molar-refractivity contribution in [1.82, 2.24) is 18.3 Å². The van der Waals surface area contributed by atoms with Crippen LogP contribution in [0.5, 0.6) is 5.75 Å². The van der Waals surface area contributed by atoms with Gasteiger partial charge in [0.15, 0.2) is 0 Å². The van der Waals surface area contributed by atoms with E-state index in [1.807, 2.05) is 0 Å². The Hall–Kier alpha value is -11.8. The summed E-state index contributed by atoms with van der Waals surface area (Å²) >= 11 is 0. The number of hydrogen-bond donors (Lipinski definition) is 0. The molecule has 0 saturated heterocycles. The molecule has 0 aliphatic rings. The van der Waals surface area contributed by atoms with E-state index in [2.05, 4.69) is 404 Å². The van der Waals surface area contributed by atoms with Crippen molar-refractivity contribution in [2.24, 2.45) is 23.7 Å². The molecule has 0 N–H and O–H groups in total. The molecule has 0 fully saturated rings. The number of para-hydroxylation sites is 4. The first-order chi connectivity index (χ1) is 64.2. The highest BCUT2D eigenvalue weighted by molar-refractivity contribution is 6.14. The van der Waals surface area contributed by atoms with Crippen LogP contribution in [0.3, 0.4) is 0 Å². The van der Waals surface area contributed by atoms with Gasteiger partial charge in [0.1, 0.15) is 5.75 Å². The van der Waals surface area contributed by atoms with E-state index in [9.17, 15) is 0 Å². The maximum absolute atomic E-state index is 6.48. The van der Waals surface area contributed by atoms with Gasteiger partial charge in [0.2, 0.25) is 0 Å². The van der Waals surface area contributed by atoms with Gasteiger partial charge in [-0.05, 0) is 254 Å². The third-order valence-electron chi connectivity index (χ3n) is 28.4. The number of fused-ring (bicyclic) bond motifs is 14. The lowest BCUT2D eigenvalue weighted by molar-refractivity contribution is 0.122. The zero-order valence-corrected chi connectivity index (χ0v) is 81.0. The van der Waals surface area contributed by atoms with Crippen LogP contribution in [0.4, 0.5) is 28.4 Å². The number of unbranched alkanes of at least 4 members (excludes halogenated alkanes) is 4. The fourth-order valence-electron chi connectivity index (χ4n) is 20.9. The quantitative estimate of drug-likeness (QED) is 0.0362. The highest BCUT2D eigenvalue weighted by Gasteiger charge is 2.26. The molecule has 0 radical (unpaired) electrons. The SMILES string of the molecule is CCCCC(CC)Cn1c2ccccc2c2cc(N(C)c3ccc4c(c3)c3ccccc3n4CC(CC)CCCC)ccc21.CCCCC(CC)Cn1c2ccccc2c2cc(N(c3cccc(C)c3)c3ccc4c(c3)c3ccccc3n4CC(CC)CCC)ccc21.CCCCOc1ccc2cc(-c3cccc(C)c3)ccc2c1-c1c(COCCC)ccc2cc(C)ccc12. The summed E-state index contributed by atoms with van der Waals surface area (Å²) in [5.74, 6) is 3.74. The number of aryl methyl sites for hydroxylation is 3. The Morgan fingerprint density at radius 1 is 0.275 bits per heavy atom. The Balaban J connectivity index is 0.000000145. The first-order valence-corrected chi connectivity index (χ1v) is 50.2. The van der Waals surface area contributed by atoms with E-state index in [0.29, 0.717) is 36.9 Å². The maximum atomic E-state index is 6.48. The van der Waals surface area contributed by atoms with E-state index in [1.54, 1.807) is 0 Å². The lowest BCUT2D eigenvalue weighted by atomic mass is 9.88. The van der Waals surface area contributed by atoms with E-state index in [4.69, 9.17) is 9.47 Å². The van der Waals surface area contributed by atoms with Crippen LogP contribution in [0.25, 0.3) is 131 Å². The van der Waals surface area contributed by atoms with Gasteiger partial charge in [-0.3, -0.25) is 0 Å². The predicted octanol–water partition coefficient (Wildman–Crippen LogP) is 35.9. The van der Waals surface area contributed by atoms with Gasteiger partial charge in [-0.2, -0.15) is 0 Å².